The lowest BCUT2D eigenvalue weighted by Gasteiger charge is -2.16. The molecule has 1 aromatic rings. The summed E-state index contributed by atoms with van der Waals surface area (Å²) >= 11 is 0. The van der Waals surface area contributed by atoms with Gasteiger partial charge in [-0.1, -0.05) is 6.07 Å². The fourth-order valence-corrected chi connectivity index (χ4v) is 2.09. The van der Waals surface area contributed by atoms with Crippen LogP contribution in [-0.4, -0.2) is 40.8 Å². The zero-order chi connectivity index (χ0) is 13.1. The first-order chi connectivity index (χ1) is 8.56. The number of H-pyrrole nitrogens is 1. The van der Waals surface area contributed by atoms with Gasteiger partial charge >= 0.3 is 0 Å². The van der Waals surface area contributed by atoms with Gasteiger partial charge in [0, 0.05) is 32.1 Å². The van der Waals surface area contributed by atoms with E-state index in [4.69, 9.17) is 0 Å². The minimum atomic E-state index is -0.293. The summed E-state index contributed by atoms with van der Waals surface area (Å²) in [6.07, 6.45) is 0.738. The second-order valence-electron chi connectivity index (χ2n) is 4.37. The van der Waals surface area contributed by atoms with Crippen LogP contribution in [0, 0.1) is 0 Å². The molecule has 2 rings (SSSR count). The molecule has 18 heavy (non-hydrogen) atoms. The third-order valence-corrected chi connectivity index (χ3v) is 2.88. The molecule has 1 atom stereocenters. The number of nitrogens with zero attached hydrogens (tertiary/aromatic N) is 1. The van der Waals surface area contributed by atoms with Crippen molar-refractivity contribution in [1.82, 2.24) is 15.2 Å². The predicted molar refractivity (Wildman–Crippen MR) is 65.2 cm³/mol. The van der Waals surface area contributed by atoms with Gasteiger partial charge < -0.3 is 15.2 Å². The lowest BCUT2D eigenvalue weighted by molar-refractivity contribution is -0.119. The highest BCUT2D eigenvalue weighted by atomic mass is 16.2. The van der Waals surface area contributed by atoms with E-state index in [-0.39, 0.29) is 29.1 Å². The molecular weight excluding hydrogens is 234 g/mol. The van der Waals surface area contributed by atoms with Gasteiger partial charge in [0.1, 0.15) is 5.69 Å². The Labute approximate surface area is 104 Å². The molecule has 0 radical (unpaired) electrons. The van der Waals surface area contributed by atoms with Gasteiger partial charge in [-0.05, 0) is 12.5 Å². The van der Waals surface area contributed by atoms with E-state index in [1.807, 2.05) is 0 Å². The van der Waals surface area contributed by atoms with Gasteiger partial charge in [-0.15, -0.1) is 0 Å². The van der Waals surface area contributed by atoms with E-state index in [1.165, 1.54) is 13.0 Å². The highest BCUT2D eigenvalue weighted by Gasteiger charge is 2.27. The van der Waals surface area contributed by atoms with E-state index in [9.17, 15) is 14.4 Å². The van der Waals surface area contributed by atoms with Crippen LogP contribution in [0.4, 0.5) is 0 Å². The van der Waals surface area contributed by atoms with Gasteiger partial charge in [0.05, 0.1) is 0 Å². The van der Waals surface area contributed by atoms with E-state index in [1.54, 1.807) is 17.0 Å². The number of rotatable bonds is 2. The number of hydrogen-bond acceptors (Lipinski definition) is 3. The largest absolute Gasteiger partial charge is 0.352 e. The number of aromatic amines is 1. The molecule has 0 bridgehead atoms. The molecule has 2 N–H and O–H groups in total. The van der Waals surface area contributed by atoms with Crippen LogP contribution in [0.3, 0.4) is 0 Å². The van der Waals surface area contributed by atoms with Gasteiger partial charge in [0.15, 0.2) is 0 Å². The predicted octanol–water partition coefficient (Wildman–Crippen LogP) is -0.275. The molecule has 0 aliphatic carbocycles. The maximum absolute atomic E-state index is 12.1. The van der Waals surface area contributed by atoms with Crippen molar-refractivity contribution in [3.63, 3.8) is 0 Å². The monoisotopic (exact) mass is 249 g/mol. The van der Waals surface area contributed by atoms with Crippen LogP contribution in [-0.2, 0) is 4.79 Å². The average molecular weight is 249 g/mol. The Morgan fingerprint density at radius 3 is 2.89 bits per heavy atom. The fourth-order valence-electron chi connectivity index (χ4n) is 2.09. The smallest absolute Gasteiger partial charge is 0.270 e. The summed E-state index contributed by atoms with van der Waals surface area (Å²) in [7, 11) is 0. The molecule has 2 amide bonds. The third-order valence-electron chi connectivity index (χ3n) is 2.88. The Balaban J connectivity index is 2.03. The molecule has 0 aromatic carbocycles. The van der Waals surface area contributed by atoms with Crippen LogP contribution in [0.15, 0.2) is 23.0 Å². The molecule has 0 spiro atoms. The maximum atomic E-state index is 12.1. The number of carbonyl (C=O) groups is 2. The molecule has 6 heteroatoms. The summed E-state index contributed by atoms with van der Waals surface area (Å²) < 4.78 is 0. The Kier molecular flexibility index (Phi) is 3.45. The molecule has 6 nitrogen and oxygen atoms in total. The van der Waals surface area contributed by atoms with Crippen LogP contribution >= 0.6 is 0 Å². The van der Waals surface area contributed by atoms with Crippen LogP contribution in [0.25, 0.3) is 0 Å². The summed E-state index contributed by atoms with van der Waals surface area (Å²) in [6, 6.07) is 4.49. The van der Waals surface area contributed by atoms with E-state index in [2.05, 4.69) is 10.3 Å². The minimum absolute atomic E-state index is 0.00174. The van der Waals surface area contributed by atoms with E-state index in [0.717, 1.165) is 6.42 Å². The zero-order valence-corrected chi connectivity index (χ0v) is 10.1. The van der Waals surface area contributed by atoms with Crippen LogP contribution < -0.4 is 10.9 Å². The number of carbonyl (C=O) groups excluding carboxylic acids is 2. The van der Waals surface area contributed by atoms with Gasteiger partial charge in [0.25, 0.3) is 5.91 Å². The molecule has 1 aliphatic rings. The van der Waals surface area contributed by atoms with Crippen LogP contribution in [0.5, 0.6) is 0 Å². The Morgan fingerprint density at radius 2 is 2.22 bits per heavy atom. The van der Waals surface area contributed by atoms with Gasteiger partial charge in [-0.3, -0.25) is 14.4 Å². The van der Waals surface area contributed by atoms with Crippen LogP contribution in [0.1, 0.15) is 23.8 Å². The molecule has 2 heterocycles. The number of hydrogen-bond donors (Lipinski definition) is 2. The van der Waals surface area contributed by atoms with Crippen molar-refractivity contribution in [2.24, 2.45) is 0 Å². The van der Waals surface area contributed by atoms with E-state index < -0.39 is 0 Å². The molecule has 96 valence electrons. The average Bonchev–Trinajstić information content (AvgIpc) is 2.75. The lowest BCUT2D eigenvalue weighted by atomic mass is 10.2. The zero-order valence-electron chi connectivity index (χ0n) is 10.1. The summed E-state index contributed by atoms with van der Waals surface area (Å²) in [5.74, 6) is -0.303. The molecule has 1 aliphatic heterocycles. The maximum Gasteiger partial charge on any atom is 0.270 e. The topological polar surface area (TPSA) is 82.3 Å². The number of nitrogens with one attached hydrogen (secondary N) is 2. The van der Waals surface area contributed by atoms with Gasteiger partial charge in [-0.2, -0.15) is 0 Å². The highest BCUT2D eigenvalue weighted by Crippen LogP contribution is 2.11. The Bertz CT molecular complexity index is 523. The quantitative estimate of drug-likeness (QED) is 0.756. The molecule has 1 saturated heterocycles. The summed E-state index contributed by atoms with van der Waals surface area (Å²) in [4.78, 5) is 38.3. The lowest BCUT2D eigenvalue weighted by Crippen LogP contribution is -2.37. The number of pyridine rings is 1. The number of likely N-dealkylation sites (tertiary alicyclic amines) is 1. The van der Waals surface area contributed by atoms with Crippen molar-refractivity contribution in [3.8, 4) is 0 Å². The minimum Gasteiger partial charge on any atom is -0.352 e. The SMILES string of the molecule is CC(=O)NC1CCN(C(=O)c2cccc(=O)[nH]2)C1. The van der Waals surface area contributed by atoms with Crippen molar-refractivity contribution in [1.29, 1.82) is 0 Å². The van der Waals surface area contributed by atoms with Crippen molar-refractivity contribution < 1.29 is 9.59 Å². The third kappa shape index (κ3) is 2.77. The first-order valence-corrected chi connectivity index (χ1v) is 5.82. The summed E-state index contributed by atoms with van der Waals surface area (Å²) in [5.41, 5.74) is -0.00978. The van der Waals surface area contributed by atoms with Crippen molar-refractivity contribution >= 4 is 11.8 Å². The second-order valence-corrected chi connectivity index (χ2v) is 4.37. The number of aromatic nitrogens is 1. The van der Waals surface area contributed by atoms with Gasteiger partial charge in [-0.25, -0.2) is 0 Å². The van der Waals surface area contributed by atoms with Crippen molar-refractivity contribution in [2.45, 2.75) is 19.4 Å². The van der Waals surface area contributed by atoms with E-state index >= 15 is 0 Å². The highest BCUT2D eigenvalue weighted by molar-refractivity contribution is 5.92. The standard InChI is InChI=1S/C12H15N3O3/c1-8(16)13-9-5-6-15(7-9)12(18)10-3-2-4-11(17)14-10/h2-4,9H,5-7H2,1H3,(H,13,16)(H,14,17). The van der Waals surface area contributed by atoms with Gasteiger partial charge in [0.2, 0.25) is 11.5 Å². The van der Waals surface area contributed by atoms with Crippen molar-refractivity contribution in [2.75, 3.05) is 13.1 Å². The van der Waals surface area contributed by atoms with E-state index in [0.29, 0.717) is 13.1 Å². The Hall–Kier alpha value is -2.11. The molecule has 1 fully saturated rings. The normalized spacial score (nSPS) is 18.7. The summed E-state index contributed by atoms with van der Waals surface area (Å²) in [5, 5.41) is 2.78. The molecule has 0 saturated carbocycles. The van der Waals surface area contributed by atoms with Crippen LogP contribution in [0.2, 0.25) is 0 Å². The Morgan fingerprint density at radius 1 is 1.44 bits per heavy atom. The fraction of sp³-hybridized carbons (Fsp3) is 0.417. The van der Waals surface area contributed by atoms with Crippen molar-refractivity contribution in [3.05, 3.63) is 34.2 Å². The first-order valence-electron chi connectivity index (χ1n) is 5.82. The molecule has 1 unspecified atom stereocenters. The second kappa shape index (κ2) is 5.03. The molecular formula is C12H15N3O3. The molecule has 1 aromatic heterocycles. The summed E-state index contributed by atoms with van der Waals surface area (Å²) in [6.45, 7) is 2.52. The first kappa shape index (κ1) is 12.3. The number of amides is 2.